The summed E-state index contributed by atoms with van der Waals surface area (Å²) in [6.07, 6.45) is 0.303. The zero-order chi connectivity index (χ0) is 19.3. The molecule has 0 N–H and O–H groups in total. The SMILES string of the molecule is C=Cc1cc(N(Cc2ccc(C(F)(F)F)cc2)C(=O)CBr)cnc1C=C. The summed E-state index contributed by atoms with van der Waals surface area (Å²) in [6.45, 7) is 7.50. The summed E-state index contributed by atoms with van der Waals surface area (Å²) < 4.78 is 38.1. The number of nitrogens with zero attached hydrogens (tertiary/aromatic N) is 2. The molecule has 2 rings (SSSR count). The Morgan fingerprint density at radius 2 is 1.85 bits per heavy atom. The first-order valence-corrected chi connectivity index (χ1v) is 8.69. The monoisotopic (exact) mass is 424 g/mol. The number of alkyl halides is 4. The van der Waals surface area contributed by atoms with Gasteiger partial charge in [-0.1, -0.05) is 47.3 Å². The fraction of sp³-hybridized carbons (Fsp3) is 0.158. The van der Waals surface area contributed by atoms with E-state index in [0.29, 0.717) is 22.5 Å². The Morgan fingerprint density at radius 1 is 1.19 bits per heavy atom. The third-order valence-corrected chi connectivity index (χ3v) is 4.18. The Kier molecular flexibility index (Phi) is 6.37. The number of halogens is 4. The molecular formula is C19H16BrF3N2O. The maximum Gasteiger partial charge on any atom is 0.416 e. The van der Waals surface area contributed by atoms with Gasteiger partial charge in [0.15, 0.2) is 0 Å². The average molecular weight is 425 g/mol. The van der Waals surface area contributed by atoms with Crippen molar-refractivity contribution < 1.29 is 18.0 Å². The van der Waals surface area contributed by atoms with Crippen molar-refractivity contribution in [2.45, 2.75) is 12.7 Å². The number of anilines is 1. The normalized spacial score (nSPS) is 11.1. The second-order valence-electron chi connectivity index (χ2n) is 5.38. The van der Waals surface area contributed by atoms with Gasteiger partial charge in [0.25, 0.3) is 0 Å². The number of benzene rings is 1. The Labute approximate surface area is 158 Å². The third kappa shape index (κ3) is 4.60. The van der Waals surface area contributed by atoms with Crippen molar-refractivity contribution in [1.82, 2.24) is 4.98 Å². The van der Waals surface area contributed by atoms with E-state index in [1.807, 2.05) is 0 Å². The number of rotatable bonds is 6. The summed E-state index contributed by atoms with van der Waals surface area (Å²) in [6, 6.07) is 6.46. The highest BCUT2D eigenvalue weighted by Gasteiger charge is 2.30. The number of hydrogen-bond donors (Lipinski definition) is 0. The molecule has 0 aliphatic heterocycles. The lowest BCUT2D eigenvalue weighted by molar-refractivity contribution is -0.137. The van der Waals surface area contributed by atoms with Crippen LogP contribution in [0.3, 0.4) is 0 Å². The number of hydrogen-bond acceptors (Lipinski definition) is 2. The smallest absolute Gasteiger partial charge is 0.306 e. The number of carbonyl (C=O) groups excluding carboxylic acids is 1. The highest BCUT2D eigenvalue weighted by atomic mass is 79.9. The van der Waals surface area contributed by atoms with E-state index in [9.17, 15) is 18.0 Å². The zero-order valence-electron chi connectivity index (χ0n) is 13.8. The van der Waals surface area contributed by atoms with Gasteiger partial charge in [0.2, 0.25) is 5.91 Å². The summed E-state index contributed by atoms with van der Waals surface area (Å²) in [5.41, 5.74) is 1.70. The van der Waals surface area contributed by atoms with Crippen LogP contribution >= 0.6 is 15.9 Å². The Balaban J connectivity index is 2.35. The number of carbonyl (C=O) groups is 1. The van der Waals surface area contributed by atoms with E-state index in [4.69, 9.17) is 0 Å². The molecule has 0 saturated carbocycles. The molecule has 1 aromatic carbocycles. The first-order chi connectivity index (χ1) is 12.3. The second-order valence-corrected chi connectivity index (χ2v) is 5.95. The highest BCUT2D eigenvalue weighted by Crippen LogP contribution is 2.29. The van der Waals surface area contributed by atoms with Crippen molar-refractivity contribution in [3.8, 4) is 0 Å². The van der Waals surface area contributed by atoms with Crippen LogP contribution in [-0.2, 0) is 17.5 Å². The Hall–Kier alpha value is -2.41. The molecule has 1 aromatic heterocycles. The predicted octanol–water partition coefficient (Wildman–Crippen LogP) is 5.31. The third-order valence-electron chi connectivity index (χ3n) is 3.70. The van der Waals surface area contributed by atoms with Gasteiger partial charge in [-0.05, 0) is 29.8 Å². The predicted molar refractivity (Wildman–Crippen MR) is 101 cm³/mol. The van der Waals surface area contributed by atoms with Crippen LogP contribution in [0.4, 0.5) is 18.9 Å². The van der Waals surface area contributed by atoms with Gasteiger partial charge in [-0.3, -0.25) is 9.78 Å². The standard InChI is InChI=1S/C19H16BrF3N2O/c1-3-14-9-16(11-24-17(14)4-2)25(18(26)10-20)12-13-5-7-15(8-6-13)19(21,22)23/h3-9,11H,1-2,10,12H2. The lowest BCUT2D eigenvalue weighted by atomic mass is 10.1. The van der Waals surface area contributed by atoms with Crippen molar-refractivity contribution in [2.24, 2.45) is 0 Å². The fourth-order valence-electron chi connectivity index (χ4n) is 2.34. The van der Waals surface area contributed by atoms with Crippen LogP contribution in [0.5, 0.6) is 0 Å². The molecule has 0 aliphatic rings. The van der Waals surface area contributed by atoms with Crippen molar-refractivity contribution in [3.05, 3.63) is 72.1 Å². The van der Waals surface area contributed by atoms with Crippen LogP contribution in [0.1, 0.15) is 22.4 Å². The fourth-order valence-corrected chi connectivity index (χ4v) is 2.64. The molecule has 3 nitrogen and oxygen atoms in total. The highest BCUT2D eigenvalue weighted by molar-refractivity contribution is 9.09. The van der Waals surface area contributed by atoms with Crippen LogP contribution < -0.4 is 4.90 Å². The molecule has 2 aromatic rings. The van der Waals surface area contributed by atoms with Gasteiger partial charge in [-0.25, -0.2) is 0 Å². The Bertz CT molecular complexity index is 817. The van der Waals surface area contributed by atoms with Gasteiger partial charge in [0.1, 0.15) is 0 Å². The topological polar surface area (TPSA) is 33.2 Å². The minimum atomic E-state index is -4.40. The van der Waals surface area contributed by atoms with E-state index in [2.05, 4.69) is 34.1 Å². The van der Waals surface area contributed by atoms with Crippen LogP contribution in [0.25, 0.3) is 12.2 Å². The molecular weight excluding hydrogens is 409 g/mol. The molecule has 1 amide bonds. The molecule has 0 atom stereocenters. The van der Waals surface area contributed by atoms with Crippen molar-refractivity contribution in [1.29, 1.82) is 0 Å². The first-order valence-electron chi connectivity index (χ1n) is 7.57. The Morgan fingerprint density at radius 3 is 2.35 bits per heavy atom. The number of amides is 1. The van der Waals surface area contributed by atoms with Gasteiger partial charge in [0.05, 0.1) is 35.0 Å². The molecule has 0 radical (unpaired) electrons. The first kappa shape index (κ1) is 19.9. The van der Waals surface area contributed by atoms with Crippen LogP contribution in [0.2, 0.25) is 0 Å². The number of pyridine rings is 1. The van der Waals surface area contributed by atoms with Crippen LogP contribution in [-0.4, -0.2) is 16.2 Å². The maximum absolute atomic E-state index is 12.7. The summed E-state index contributed by atoms with van der Waals surface area (Å²) >= 11 is 3.13. The van der Waals surface area contributed by atoms with E-state index >= 15 is 0 Å². The van der Waals surface area contributed by atoms with Crippen LogP contribution in [0, 0.1) is 0 Å². The summed E-state index contributed by atoms with van der Waals surface area (Å²) in [5.74, 6) is -0.243. The lowest BCUT2D eigenvalue weighted by Crippen LogP contribution is -2.31. The molecule has 0 unspecified atom stereocenters. The molecule has 0 fully saturated rings. The molecule has 0 saturated heterocycles. The average Bonchev–Trinajstić information content (AvgIpc) is 2.64. The van der Waals surface area contributed by atoms with Crippen molar-refractivity contribution >= 4 is 39.7 Å². The summed E-state index contributed by atoms with van der Waals surface area (Å²) in [4.78, 5) is 18.0. The van der Waals surface area contributed by atoms with Gasteiger partial charge < -0.3 is 4.90 Å². The molecule has 0 bridgehead atoms. The maximum atomic E-state index is 12.7. The van der Waals surface area contributed by atoms with Gasteiger partial charge in [-0.15, -0.1) is 0 Å². The van der Waals surface area contributed by atoms with E-state index in [1.165, 1.54) is 23.2 Å². The zero-order valence-corrected chi connectivity index (χ0v) is 15.3. The quantitative estimate of drug-likeness (QED) is 0.588. The van der Waals surface area contributed by atoms with Crippen molar-refractivity contribution in [2.75, 3.05) is 10.2 Å². The van der Waals surface area contributed by atoms with Crippen molar-refractivity contribution in [3.63, 3.8) is 0 Å². The lowest BCUT2D eigenvalue weighted by Gasteiger charge is -2.23. The van der Waals surface area contributed by atoms with E-state index in [1.54, 1.807) is 18.2 Å². The van der Waals surface area contributed by atoms with Gasteiger partial charge in [-0.2, -0.15) is 13.2 Å². The molecule has 0 spiro atoms. The summed E-state index contributed by atoms with van der Waals surface area (Å²) in [5, 5.41) is 0.0697. The molecule has 1 heterocycles. The van der Waals surface area contributed by atoms with E-state index in [0.717, 1.165) is 12.1 Å². The molecule has 0 aliphatic carbocycles. The molecule has 7 heteroatoms. The van der Waals surface area contributed by atoms with Gasteiger partial charge in [0, 0.05) is 5.56 Å². The van der Waals surface area contributed by atoms with Crippen LogP contribution in [0.15, 0.2) is 49.7 Å². The molecule has 26 heavy (non-hydrogen) atoms. The van der Waals surface area contributed by atoms with Gasteiger partial charge >= 0.3 is 6.18 Å². The van der Waals surface area contributed by atoms with E-state index < -0.39 is 11.7 Å². The minimum Gasteiger partial charge on any atom is -0.306 e. The van der Waals surface area contributed by atoms with E-state index in [-0.39, 0.29) is 17.8 Å². The summed E-state index contributed by atoms with van der Waals surface area (Å²) in [7, 11) is 0. The second kappa shape index (κ2) is 8.31. The number of aromatic nitrogens is 1. The largest absolute Gasteiger partial charge is 0.416 e. The minimum absolute atomic E-state index is 0.0697. The molecule has 136 valence electrons.